The van der Waals surface area contributed by atoms with Crippen LogP contribution in [0.1, 0.15) is 49.4 Å². The van der Waals surface area contributed by atoms with E-state index in [1.54, 1.807) is 11.3 Å². The molecular weight excluding hydrogens is 314 g/mol. The minimum absolute atomic E-state index is 0.0428. The number of carboxylic acids is 1. The van der Waals surface area contributed by atoms with E-state index in [0.717, 1.165) is 40.8 Å². The number of hydrogen-bond donors (Lipinski definition) is 2. The molecule has 1 atom stereocenters. The maximum Gasteiger partial charge on any atom is 0.303 e. The van der Waals surface area contributed by atoms with Gasteiger partial charge in [-0.3, -0.25) is 4.79 Å². The fraction of sp³-hybridized carbons (Fsp3) is 0.615. The van der Waals surface area contributed by atoms with Crippen molar-refractivity contribution < 1.29 is 9.90 Å². The van der Waals surface area contributed by atoms with Gasteiger partial charge in [-0.05, 0) is 52.7 Å². The summed E-state index contributed by atoms with van der Waals surface area (Å²) >= 11 is 5.08. The van der Waals surface area contributed by atoms with Crippen LogP contribution in [0.5, 0.6) is 0 Å². The molecule has 1 unspecified atom stereocenters. The zero-order valence-electron chi connectivity index (χ0n) is 10.2. The monoisotopic (exact) mass is 331 g/mol. The average molecular weight is 332 g/mol. The third-order valence-corrected chi connectivity index (χ3v) is 5.56. The minimum Gasteiger partial charge on any atom is -0.481 e. The average Bonchev–Trinajstić information content (AvgIpc) is 2.87. The van der Waals surface area contributed by atoms with Crippen molar-refractivity contribution in [1.82, 2.24) is 0 Å². The number of rotatable bonds is 5. The Kier molecular flexibility index (Phi) is 4.45. The van der Waals surface area contributed by atoms with Gasteiger partial charge in [-0.15, -0.1) is 11.3 Å². The first kappa shape index (κ1) is 14.0. The lowest BCUT2D eigenvalue weighted by Gasteiger charge is -2.29. The summed E-state index contributed by atoms with van der Waals surface area (Å²) in [5, 5.41) is 9.08. The molecule has 1 aliphatic rings. The van der Waals surface area contributed by atoms with E-state index in [1.807, 2.05) is 12.1 Å². The van der Waals surface area contributed by atoms with Crippen molar-refractivity contribution in [1.29, 1.82) is 0 Å². The fourth-order valence-electron chi connectivity index (χ4n) is 2.99. The van der Waals surface area contributed by atoms with Crippen LogP contribution in [0, 0.1) is 5.41 Å². The van der Waals surface area contributed by atoms with E-state index < -0.39 is 5.97 Å². The summed E-state index contributed by atoms with van der Waals surface area (Å²) in [7, 11) is 0. The van der Waals surface area contributed by atoms with E-state index in [-0.39, 0.29) is 17.9 Å². The third kappa shape index (κ3) is 3.33. The van der Waals surface area contributed by atoms with Gasteiger partial charge in [-0.1, -0.05) is 12.8 Å². The molecule has 3 N–H and O–H groups in total. The minimum atomic E-state index is -0.698. The number of thiophene rings is 1. The molecule has 0 saturated heterocycles. The van der Waals surface area contributed by atoms with E-state index in [1.165, 1.54) is 0 Å². The van der Waals surface area contributed by atoms with Crippen molar-refractivity contribution in [3.05, 3.63) is 20.8 Å². The Hall–Kier alpha value is -0.390. The summed E-state index contributed by atoms with van der Waals surface area (Å²) in [5.74, 6) is -0.698. The van der Waals surface area contributed by atoms with Gasteiger partial charge in [0.15, 0.2) is 0 Å². The Morgan fingerprint density at radius 3 is 2.67 bits per heavy atom. The second-order valence-electron chi connectivity index (χ2n) is 5.23. The lowest BCUT2D eigenvalue weighted by atomic mass is 9.77. The van der Waals surface area contributed by atoms with Crippen molar-refractivity contribution in [3.8, 4) is 0 Å². The molecule has 2 rings (SSSR count). The molecule has 1 fully saturated rings. The summed E-state index contributed by atoms with van der Waals surface area (Å²) in [6.07, 6.45) is 5.31. The summed E-state index contributed by atoms with van der Waals surface area (Å²) in [6.45, 7) is 0. The van der Waals surface area contributed by atoms with Gasteiger partial charge in [0.2, 0.25) is 0 Å². The van der Waals surface area contributed by atoms with Gasteiger partial charge in [0, 0.05) is 10.9 Å². The van der Waals surface area contributed by atoms with Crippen LogP contribution in [0.4, 0.5) is 0 Å². The Bertz CT molecular complexity index is 426. The fourth-order valence-corrected chi connectivity index (χ4v) is 4.42. The first-order valence-electron chi connectivity index (χ1n) is 6.23. The molecule has 0 spiro atoms. The molecule has 1 saturated carbocycles. The summed E-state index contributed by atoms with van der Waals surface area (Å²) in [5.41, 5.74) is 6.16. The van der Waals surface area contributed by atoms with Gasteiger partial charge in [0.05, 0.1) is 10.2 Å². The lowest BCUT2D eigenvalue weighted by Crippen LogP contribution is -2.26. The van der Waals surface area contributed by atoms with Crippen LogP contribution in [0.25, 0.3) is 0 Å². The number of halogens is 1. The first-order valence-corrected chi connectivity index (χ1v) is 7.84. The van der Waals surface area contributed by atoms with Gasteiger partial charge >= 0.3 is 5.97 Å². The number of aliphatic carboxylic acids is 1. The van der Waals surface area contributed by atoms with Gasteiger partial charge in [-0.2, -0.15) is 0 Å². The van der Waals surface area contributed by atoms with Crippen molar-refractivity contribution in [3.63, 3.8) is 0 Å². The first-order chi connectivity index (χ1) is 8.51. The van der Waals surface area contributed by atoms with Crippen LogP contribution in [-0.4, -0.2) is 11.1 Å². The van der Waals surface area contributed by atoms with Gasteiger partial charge < -0.3 is 10.8 Å². The number of carbonyl (C=O) groups is 1. The van der Waals surface area contributed by atoms with E-state index in [9.17, 15) is 4.79 Å². The SMILES string of the molecule is NC(CC1(CC(=O)O)CCCC1)c1ccc(Br)s1. The molecule has 0 radical (unpaired) electrons. The molecule has 0 aromatic carbocycles. The molecule has 1 heterocycles. The number of nitrogens with two attached hydrogens (primary N) is 1. The predicted molar refractivity (Wildman–Crippen MR) is 76.7 cm³/mol. The van der Waals surface area contributed by atoms with Gasteiger partial charge in [-0.25, -0.2) is 0 Å². The van der Waals surface area contributed by atoms with Gasteiger partial charge in [0.25, 0.3) is 0 Å². The van der Waals surface area contributed by atoms with Crippen LogP contribution in [0.15, 0.2) is 15.9 Å². The quantitative estimate of drug-likeness (QED) is 0.858. The summed E-state index contributed by atoms with van der Waals surface area (Å²) in [4.78, 5) is 12.2. The van der Waals surface area contributed by atoms with Crippen LogP contribution in [0.3, 0.4) is 0 Å². The van der Waals surface area contributed by atoms with E-state index in [4.69, 9.17) is 10.8 Å². The molecule has 0 amide bonds. The standard InChI is InChI=1S/C13H18BrNO2S/c14-11-4-3-10(18-11)9(15)7-13(8-12(16)17)5-1-2-6-13/h3-4,9H,1-2,5-8,15H2,(H,16,17). The van der Waals surface area contributed by atoms with E-state index in [2.05, 4.69) is 15.9 Å². The molecule has 1 aromatic heterocycles. The van der Waals surface area contributed by atoms with E-state index in [0.29, 0.717) is 0 Å². The molecule has 18 heavy (non-hydrogen) atoms. The largest absolute Gasteiger partial charge is 0.481 e. The van der Waals surface area contributed by atoms with Crippen molar-refractivity contribution in [2.24, 2.45) is 11.1 Å². The third-order valence-electron chi connectivity index (χ3n) is 3.80. The normalized spacial score (nSPS) is 19.9. The van der Waals surface area contributed by atoms with Crippen LogP contribution < -0.4 is 5.73 Å². The molecule has 1 aromatic rings. The summed E-state index contributed by atoms with van der Waals surface area (Å²) < 4.78 is 1.08. The summed E-state index contributed by atoms with van der Waals surface area (Å²) in [6, 6.07) is 3.99. The Balaban J connectivity index is 2.07. The molecule has 100 valence electrons. The molecular formula is C13H18BrNO2S. The Morgan fingerprint density at radius 2 is 2.17 bits per heavy atom. The molecule has 1 aliphatic carbocycles. The highest BCUT2D eigenvalue weighted by atomic mass is 79.9. The number of hydrogen-bond acceptors (Lipinski definition) is 3. The highest BCUT2D eigenvalue weighted by Gasteiger charge is 2.37. The molecule has 0 bridgehead atoms. The smallest absolute Gasteiger partial charge is 0.303 e. The zero-order valence-corrected chi connectivity index (χ0v) is 12.6. The highest BCUT2D eigenvalue weighted by molar-refractivity contribution is 9.11. The van der Waals surface area contributed by atoms with Gasteiger partial charge in [0.1, 0.15) is 0 Å². The maximum absolute atomic E-state index is 11.0. The lowest BCUT2D eigenvalue weighted by molar-refractivity contribution is -0.139. The molecule has 3 nitrogen and oxygen atoms in total. The molecule has 0 aliphatic heterocycles. The zero-order chi connectivity index (χ0) is 13.2. The Morgan fingerprint density at radius 1 is 1.50 bits per heavy atom. The van der Waals surface area contributed by atoms with Crippen molar-refractivity contribution in [2.45, 2.75) is 44.6 Å². The van der Waals surface area contributed by atoms with Crippen LogP contribution in [0.2, 0.25) is 0 Å². The molecule has 5 heteroatoms. The van der Waals surface area contributed by atoms with Crippen molar-refractivity contribution >= 4 is 33.2 Å². The maximum atomic E-state index is 11.0. The van der Waals surface area contributed by atoms with Crippen molar-refractivity contribution in [2.75, 3.05) is 0 Å². The second-order valence-corrected chi connectivity index (χ2v) is 7.72. The second kappa shape index (κ2) is 5.72. The number of carboxylic acid groups (broad SMARTS) is 1. The topological polar surface area (TPSA) is 63.3 Å². The van der Waals surface area contributed by atoms with E-state index >= 15 is 0 Å². The predicted octanol–water partition coefficient (Wildman–Crippen LogP) is 3.94. The Labute approximate surface area is 120 Å². The highest BCUT2D eigenvalue weighted by Crippen LogP contribution is 2.47. The van der Waals surface area contributed by atoms with Crippen LogP contribution in [-0.2, 0) is 4.79 Å². The van der Waals surface area contributed by atoms with Crippen LogP contribution >= 0.6 is 27.3 Å².